The molecule has 0 heterocycles. The Balaban J connectivity index is 2.04. The SMILES string of the molecule is CC(C)C(=O)NCCNC1CC(NC(=O)OC(C)(C)C)C1. The first-order valence-electron chi connectivity index (χ1n) is 7.68. The molecule has 1 aliphatic carbocycles. The van der Waals surface area contributed by atoms with Gasteiger partial charge in [-0.3, -0.25) is 4.79 Å². The largest absolute Gasteiger partial charge is 0.444 e. The van der Waals surface area contributed by atoms with Crippen molar-refractivity contribution in [3.63, 3.8) is 0 Å². The molecule has 0 aromatic heterocycles. The smallest absolute Gasteiger partial charge is 0.407 e. The molecule has 6 nitrogen and oxygen atoms in total. The van der Waals surface area contributed by atoms with E-state index < -0.39 is 5.60 Å². The van der Waals surface area contributed by atoms with E-state index in [2.05, 4.69) is 16.0 Å². The van der Waals surface area contributed by atoms with Crippen LogP contribution in [0.25, 0.3) is 0 Å². The van der Waals surface area contributed by atoms with Crippen molar-refractivity contribution in [2.45, 2.75) is 65.1 Å². The molecule has 0 saturated heterocycles. The number of ether oxygens (including phenoxy) is 1. The predicted octanol–water partition coefficient (Wildman–Crippen LogP) is 1.40. The molecule has 0 aromatic rings. The zero-order chi connectivity index (χ0) is 16.0. The minimum atomic E-state index is -0.458. The van der Waals surface area contributed by atoms with E-state index in [9.17, 15) is 9.59 Å². The summed E-state index contributed by atoms with van der Waals surface area (Å²) in [6.45, 7) is 10.7. The summed E-state index contributed by atoms with van der Waals surface area (Å²) >= 11 is 0. The third kappa shape index (κ3) is 7.32. The second-order valence-corrected chi connectivity index (χ2v) is 6.91. The average molecular weight is 299 g/mol. The molecule has 0 bridgehead atoms. The summed E-state index contributed by atoms with van der Waals surface area (Å²) in [6.07, 6.45) is 1.45. The lowest BCUT2D eigenvalue weighted by atomic mass is 9.87. The lowest BCUT2D eigenvalue weighted by Crippen LogP contribution is -2.54. The van der Waals surface area contributed by atoms with Gasteiger partial charge in [0.1, 0.15) is 5.60 Å². The summed E-state index contributed by atoms with van der Waals surface area (Å²) in [5.41, 5.74) is -0.458. The topological polar surface area (TPSA) is 79.5 Å². The van der Waals surface area contributed by atoms with Crippen molar-refractivity contribution in [1.29, 1.82) is 0 Å². The van der Waals surface area contributed by atoms with Gasteiger partial charge in [-0.05, 0) is 33.6 Å². The summed E-state index contributed by atoms with van der Waals surface area (Å²) in [6, 6.07) is 0.587. The van der Waals surface area contributed by atoms with E-state index in [1.165, 1.54) is 0 Å². The number of carbonyl (C=O) groups is 2. The van der Waals surface area contributed by atoms with Gasteiger partial charge in [0.15, 0.2) is 0 Å². The zero-order valence-electron chi connectivity index (χ0n) is 13.8. The Morgan fingerprint density at radius 3 is 2.29 bits per heavy atom. The van der Waals surface area contributed by atoms with Gasteiger partial charge in [0.25, 0.3) is 0 Å². The minimum Gasteiger partial charge on any atom is -0.444 e. The maximum Gasteiger partial charge on any atom is 0.407 e. The molecular weight excluding hydrogens is 270 g/mol. The summed E-state index contributed by atoms with van der Waals surface area (Å²) in [5, 5.41) is 9.08. The molecule has 2 amide bonds. The quantitative estimate of drug-likeness (QED) is 0.648. The maximum atomic E-state index is 11.6. The van der Waals surface area contributed by atoms with Gasteiger partial charge in [-0.15, -0.1) is 0 Å². The zero-order valence-corrected chi connectivity index (χ0v) is 13.8. The number of carbonyl (C=O) groups excluding carboxylic acids is 2. The highest BCUT2D eigenvalue weighted by Gasteiger charge is 2.31. The standard InChI is InChI=1S/C15H29N3O3/c1-10(2)13(19)17-7-6-16-11-8-12(9-11)18-14(20)21-15(3,4)5/h10-12,16H,6-9H2,1-5H3,(H,17,19)(H,18,20). The van der Waals surface area contributed by atoms with Crippen LogP contribution in [-0.2, 0) is 9.53 Å². The van der Waals surface area contributed by atoms with Gasteiger partial charge < -0.3 is 20.7 Å². The van der Waals surface area contributed by atoms with E-state index in [1.807, 2.05) is 34.6 Å². The molecule has 1 fully saturated rings. The second-order valence-electron chi connectivity index (χ2n) is 6.91. The Morgan fingerprint density at radius 2 is 1.76 bits per heavy atom. The van der Waals surface area contributed by atoms with Gasteiger partial charge >= 0.3 is 6.09 Å². The first kappa shape index (κ1) is 17.8. The van der Waals surface area contributed by atoms with Crippen molar-refractivity contribution >= 4 is 12.0 Å². The highest BCUT2D eigenvalue weighted by atomic mass is 16.6. The van der Waals surface area contributed by atoms with Crippen LogP contribution >= 0.6 is 0 Å². The molecule has 0 unspecified atom stereocenters. The fraction of sp³-hybridized carbons (Fsp3) is 0.867. The first-order valence-corrected chi connectivity index (χ1v) is 7.68. The lowest BCUT2D eigenvalue weighted by molar-refractivity contribution is -0.123. The number of rotatable bonds is 6. The molecule has 0 aliphatic heterocycles. The van der Waals surface area contributed by atoms with Crippen LogP contribution in [0, 0.1) is 5.92 Å². The summed E-state index contributed by atoms with van der Waals surface area (Å²) < 4.78 is 5.21. The van der Waals surface area contributed by atoms with Crippen LogP contribution in [0.3, 0.4) is 0 Å². The molecule has 1 aliphatic rings. The molecule has 122 valence electrons. The van der Waals surface area contributed by atoms with E-state index in [-0.39, 0.29) is 24.0 Å². The summed E-state index contributed by atoms with van der Waals surface area (Å²) in [4.78, 5) is 22.9. The van der Waals surface area contributed by atoms with Gasteiger partial charge in [-0.2, -0.15) is 0 Å². The van der Waals surface area contributed by atoms with Gasteiger partial charge in [0.2, 0.25) is 5.91 Å². The van der Waals surface area contributed by atoms with Crippen LogP contribution in [0.1, 0.15) is 47.5 Å². The fourth-order valence-corrected chi connectivity index (χ4v) is 2.04. The van der Waals surface area contributed by atoms with Gasteiger partial charge in [-0.25, -0.2) is 4.79 Å². The molecule has 0 atom stereocenters. The third-order valence-corrected chi connectivity index (χ3v) is 3.24. The molecule has 0 radical (unpaired) electrons. The van der Waals surface area contributed by atoms with Gasteiger partial charge in [0.05, 0.1) is 0 Å². The number of nitrogens with one attached hydrogen (secondary N) is 3. The number of amides is 2. The molecule has 0 aromatic carbocycles. The van der Waals surface area contributed by atoms with Gasteiger partial charge in [-0.1, -0.05) is 13.8 Å². The Bertz CT molecular complexity index is 358. The Labute approximate surface area is 127 Å². The van der Waals surface area contributed by atoms with Crippen molar-refractivity contribution < 1.29 is 14.3 Å². The third-order valence-electron chi connectivity index (χ3n) is 3.24. The predicted molar refractivity (Wildman–Crippen MR) is 82.0 cm³/mol. The summed E-state index contributed by atoms with van der Waals surface area (Å²) in [5.74, 6) is 0.103. The highest BCUT2D eigenvalue weighted by Crippen LogP contribution is 2.20. The first-order chi connectivity index (χ1) is 9.67. The van der Waals surface area contributed by atoms with Crippen LogP contribution < -0.4 is 16.0 Å². The Morgan fingerprint density at radius 1 is 1.14 bits per heavy atom. The van der Waals surface area contributed by atoms with E-state index in [4.69, 9.17) is 4.74 Å². The number of hydrogen-bond donors (Lipinski definition) is 3. The van der Waals surface area contributed by atoms with Crippen molar-refractivity contribution in [1.82, 2.24) is 16.0 Å². The van der Waals surface area contributed by atoms with Crippen LogP contribution in [-0.4, -0.2) is 42.8 Å². The van der Waals surface area contributed by atoms with E-state index >= 15 is 0 Å². The van der Waals surface area contributed by atoms with Crippen LogP contribution in [0.2, 0.25) is 0 Å². The summed E-state index contributed by atoms with van der Waals surface area (Å²) in [7, 11) is 0. The average Bonchev–Trinajstić information content (AvgIpc) is 2.27. The van der Waals surface area contributed by atoms with Crippen molar-refractivity contribution in [3.8, 4) is 0 Å². The number of alkyl carbamates (subject to hydrolysis) is 1. The monoisotopic (exact) mass is 299 g/mol. The molecule has 6 heteroatoms. The van der Waals surface area contributed by atoms with E-state index in [0.717, 1.165) is 19.4 Å². The van der Waals surface area contributed by atoms with Crippen molar-refractivity contribution in [2.75, 3.05) is 13.1 Å². The Hall–Kier alpha value is -1.30. The van der Waals surface area contributed by atoms with Crippen LogP contribution in [0.5, 0.6) is 0 Å². The van der Waals surface area contributed by atoms with E-state index in [1.54, 1.807) is 0 Å². The normalized spacial score (nSPS) is 21.6. The molecular formula is C15H29N3O3. The molecule has 1 rings (SSSR count). The highest BCUT2D eigenvalue weighted by molar-refractivity contribution is 5.77. The fourth-order valence-electron chi connectivity index (χ4n) is 2.04. The minimum absolute atomic E-state index is 0.0242. The second kappa shape index (κ2) is 7.64. The number of hydrogen-bond acceptors (Lipinski definition) is 4. The van der Waals surface area contributed by atoms with Gasteiger partial charge in [0, 0.05) is 31.1 Å². The molecule has 21 heavy (non-hydrogen) atoms. The van der Waals surface area contributed by atoms with Crippen molar-refractivity contribution in [3.05, 3.63) is 0 Å². The molecule has 0 spiro atoms. The molecule has 3 N–H and O–H groups in total. The lowest BCUT2D eigenvalue weighted by Gasteiger charge is -2.36. The molecule has 1 saturated carbocycles. The van der Waals surface area contributed by atoms with Crippen molar-refractivity contribution in [2.24, 2.45) is 5.92 Å². The van der Waals surface area contributed by atoms with E-state index in [0.29, 0.717) is 12.6 Å². The van der Waals surface area contributed by atoms with Crippen LogP contribution in [0.15, 0.2) is 0 Å². The maximum absolute atomic E-state index is 11.6. The Kier molecular flexibility index (Phi) is 6.45. The van der Waals surface area contributed by atoms with Crippen LogP contribution in [0.4, 0.5) is 4.79 Å².